The van der Waals surface area contributed by atoms with Crippen molar-refractivity contribution in [3.05, 3.63) is 70.6 Å². The first-order valence-corrected chi connectivity index (χ1v) is 10.9. The molecule has 0 saturated heterocycles. The molecule has 0 spiro atoms. The van der Waals surface area contributed by atoms with Crippen LogP contribution in [0.15, 0.2) is 47.8 Å². The van der Waals surface area contributed by atoms with Gasteiger partial charge in [-0.25, -0.2) is 14.1 Å². The molecule has 0 atom stereocenters. The van der Waals surface area contributed by atoms with Crippen molar-refractivity contribution >= 4 is 22.4 Å². The first-order valence-electron chi connectivity index (χ1n) is 9.98. The Hall–Kier alpha value is -3.72. The molecule has 1 aliphatic rings. The van der Waals surface area contributed by atoms with Gasteiger partial charge in [0.15, 0.2) is 16.6 Å². The van der Waals surface area contributed by atoms with Gasteiger partial charge in [0.25, 0.3) is 5.91 Å². The minimum atomic E-state index is -0.328. The van der Waals surface area contributed by atoms with Crippen molar-refractivity contribution in [2.45, 2.75) is 13.8 Å². The van der Waals surface area contributed by atoms with Crippen LogP contribution in [0.5, 0.6) is 11.5 Å². The van der Waals surface area contributed by atoms with Gasteiger partial charge in [-0.2, -0.15) is 5.10 Å². The molecule has 162 valence electrons. The summed E-state index contributed by atoms with van der Waals surface area (Å²) in [5.74, 6) is 0.780. The number of benzene rings is 2. The van der Waals surface area contributed by atoms with Gasteiger partial charge in [-0.15, -0.1) is 11.3 Å². The van der Waals surface area contributed by atoms with Crippen LogP contribution in [0, 0.1) is 19.7 Å². The van der Waals surface area contributed by atoms with Crippen LogP contribution in [0.25, 0.3) is 16.9 Å². The number of thiazole rings is 1. The Kier molecular flexibility index (Phi) is 5.10. The van der Waals surface area contributed by atoms with Gasteiger partial charge < -0.3 is 9.47 Å². The second-order valence-electron chi connectivity index (χ2n) is 7.28. The van der Waals surface area contributed by atoms with E-state index in [0.717, 1.165) is 11.3 Å². The quantitative estimate of drug-likeness (QED) is 0.484. The van der Waals surface area contributed by atoms with Gasteiger partial charge in [-0.3, -0.25) is 10.1 Å². The number of hydrogen-bond acceptors (Lipinski definition) is 6. The van der Waals surface area contributed by atoms with Crippen molar-refractivity contribution < 1.29 is 18.7 Å². The van der Waals surface area contributed by atoms with E-state index in [4.69, 9.17) is 9.47 Å². The molecule has 5 rings (SSSR count). The van der Waals surface area contributed by atoms with E-state index in [1.54, 1.807) is 30.7 Å². The molecule has 0 bridgehead atoms. The summed E-state index contributed by atoms with van der Waals surface area (Å²) in [4.78, 5) is 17.5. The third-order valence-corrected chi connectivity index (χ3v) is 5.91. The Morgan fingerprint density at radius 3 is 2.62 bits per heavy atom. The van der Waals surface area contributed by atoms with Gasteiger partial charge in [-0.1, -0.05) is 0 Å². The summed E-state index contributed by atoms with van der Waals surface area (Å²) in [6.45, 7) is 4.63. The number of nitrogens with zero attached hydrogens (tertiary/aromatic N) is 3. The van der Waals surface area contributed by atoms with Crippen molar-refractivity contribution in [2.24, 2.45) is 0 Å². The Morgan fingerprint density at radius 1 is 1.09 bits per heavy atom. The van der Waals surface area contributed by atoms with Gasteiger partial charge >= 0.3 is 0 Å². The number of anilines is 1. The molecule has 2 aromatic carbocycles. The van der Waals surface area contributed by atoms with Gasteiger partial charge in [-0.05, 0) is 56.3 Å². The second kappa shape index (κ2) is 8.08. The van der Waals surface area contributed by atoms with Crippen molar-refractivity contribution in [1.29, 1.82) is 0 Å². The number of ether oxygens (including phenoxy) is 2. The van der Waals surface area contributed by atoms with E-state index < -0.39 is 0 Å². The number of hydrogen-bond donors (Lipinski definition) is 1. The number of rotatable bonds is 4. The average molecular weight is 450 g/mol. The third kappa shape index (κ3) is 3.71. The summed E-state index contributed by atoms with van der Waals surface area (Å²) in [6.07, 6.45) is 0. The van der Waals surface area contributed by atoms with Crippen molar-refractivity contribution in [3.63, 3.8) is 0 Å². The molecule has 7 nitrogen and oxygen atoms in total. The molecular weight excluding hydrogens is 431 g/mol. The van der Waals surface area contributed by atoms with Crippen molar-refractivity contribution in [2.75, 3.05) is 18.5 Å². The Bertz CT molecular complexity index is 1310. The Balaban J connectivity index is 1.37. The first kappa shape index (κ1) is 20.2. The molecule has 0 unspecified atom stereocenters. The normalized spacial score (nSPS) is 12.6. The fraction of sp³-hybridized carbons (Fsp3) is 0.174. The predicted octanol–water partition coefficient (Wildman–Crippen LogP) is 4.78. The van der Waals surface area contributed by atoms with Crippen LogP contribution in [-0.4, -0.2) is 33.9 Å². The largest absolute Gasteiger partial charge is 0.486 e. The number of nitrogens with one attached hydrogen (secondary N) is 1. The minimum absolute atomic E-state index is 0.295. The van der Waals surface area contributed by atoms with Gasteiger partial charge in [0.1, 0.15) is 19.0 Å². The number of halogens is 1. The number of amides is 1. The number of carbonyl (C=O) groups is 1. The Morgan fingerprint density at radius 2 is 1.84 bits per heavy atom. The topological polar surface area (TPSA) is 78.3 Å². The van der Waals surface area contributed by atoms with Crippen LogP contribution in [-0.2, 0) is 0 Å². The lowest BCUT2D eigenvalue weighted by Gasteiger charge is -2.18. The lowest BCUT2D eigenvalue weighted by atomic mass is 10.1. The van der Waals surface area contributed by atoms with E-state index in [1.165, 1.54) is 23.5 Å². The lowest BCUT2D eigenvalue weighted by molar-refractivity contribution is 0.102. The predicted molar refractivity (Wildman–Crippen MR) is 119 cm³/mol. The SMILES string of the molecule is Cc1nn(-c2ccc(F)cc2)c(C)c1C(=O)Nc1nc(-c2ccc3c(c2)OCCO3)cs1. The van der Waals surface area contributed by atoms with Crippen LogP contribution >= 0.6 is 11.3 Å². The summed E-state index contributed by atoms with van der Waals surface area (Å²) in [5, 5.41) is 9.68. The molecule has 4 aromatic rings. The Labute approximate surface area is 187 Å². The highest BCUT2D eigenvalue weighted by atomic mass is 32.1. The molecule has 1 N–H and O–H groups in total. The van der Waals surface area contributed by atoms with Gasteiger partial charge in [0, 0.05) is 10.9 Å². The number of aromatic nitrogens is 3. The molecule has 32 heavy (non-hydrogen) atoms. The van der Waals surface area contributed by atoms with Gasteiger partial charge in [0.05, 0.1) is 28.3 Å². The lowest BCUT2D eigenvalue weighted by Crippen LogP contribution is -2.15. The van der Waals surface area contributed by atoms with E-state index >= 15 is 0 Å². The molecular formula is C23H19FN4O3S. The summed E-state index contributed by atoms with van der Waals surface area (Å²) >= 11 is 1.34. The maximum absolute atomic E-state index is 13.3. The van der Waals surface area contributed by atoms with Crippen LogP contribution in [0.4, 0.5) is 9.52 Å². The second-order valence-corrected chi connectivity index (χ2v) is 8.14. The number of aryl methyl sites for hydroxylation is 1. The summed E-state index contributed by atoms with van der Waals surface area (Å²) in [6, 6.07) is 11.6. The summed E-state index contributed by atoms with van der Waals surface area (Å²) in [5.41, 5.74) is 4.00. The molecule has 2 aromatic heterocycles. The molecule has 0 aliphatic carbocycles. The van der Waals surface area contributed by atoms with Crippen LogP contribution < -0.4 is 14.8 Å². The zero-order chi connectivity index (χ0) is 22.2. The first-order chi connectivity index (χ1) is 15.5. The molecule has 3 heterocycles. The van der Waals surface area contributed by atoms with E-state index in [9.17, 15) is 9.18 Å². The number of carbonyl (C=O) groups excluding carboxylic acids is 1. The molecule has 9 heteroatoms. The highest BCUT2D eigenvalue weighted by molar-refractivity contribution is 7.14. The maximum Gasteiger partial charge on any atom is 0.261 e. The van der Waals surface area contributed by atoms with E-state index in [1.807, 2.05) is 23.6 Å². The number of fused-ring (bicyclic) bond motifs is 1. The van der Waals surface area contributed by atoms with E-state index in [-0.39, 0.29) is 11.7 Å². The standard InChI is InChI=1S/C23H19FN4O3S/c1-13-21(14(2)28(27-13)17-6-4-16(24)5-7-17)22(29)26-23-25-18(12-32-23)15-3-8-19-20(11-15)31-10-9-30-19/h3-8,11-12H,9-10H2,1-2H3,(H,25,26,29). The average Bonchev–Trinajstić information content (AvgIpc) is 3.37. The van der Waals surface area contributed by atoms with E-state index in [0.29, 0.717) is 52.5 Å². The molecule has 1 aliphatic heterocycles. The summed E-state index contributed by atoms with van der Waals surface area (Å²) < 4.78 is 26.1. The van der Waals surface area contributed by atoms with Gasteiger partial charge in [0.2, 0.25) is 0 Å². The zero-order valence-corrected chi connectivity index (χ0v) is 18.2. The molecule has 0 saturated carbocycles. The van der Waals surface area contributed by atoms with Crippen molar-refractivity contribution in [1.82, 2.24) is 14.8 Å². The van der Waals surface area contributed by atoms with Crippen LogP contribution in [0.3, 0.4) is 0 Å². The zero-order valence-electron chi connectivity index (χ0n) is 17.4. The fourth-order valence-electron chi connectivity index (χ4n) is 3.63. The highest BCUT2D eigenvalue weighted by Gasteiger charge is 2.21. The van der Waals surface area contributed by atoms with Crippen LogP contribution in [0.1, 0.15) is 21.7 Å². The monoisotopic (exact) mass is 450 g/mol. The highest BCUT2D eigenvalue weighted by Crippen LogP contribution is 2.35. The third-order valence-electron chi connectivity index (χ3n) is 5.15. The molecule has 1 amide bonds. The maximum atomic E-state index is 13.3. The van der Waals surface area contributed by atoms with Crippen molar-refractivity contribution in [3.8, 4) is 28.4 Å². The summed E-state index contributed by atoms with van der Waals surface area (Å²) in [7, 11) is 0. The smallest absolute Gasteiger partial charge is 0.261 e. The fourth-order valence-corrected chi connectivity index (χ4v) is 4.35. The molecule has 0 fully saturated rings. The molecule has 0 radical (unpaired) electrons. The van der Waals surface area contributed by atoms with Crippen LogP contribution in [0.2, 0.25) is 0 Å². The minimum Gasteiger partial charge on any atom is -0.486 e. The van der Waals surface area contributed by atoms with E-state index in [2.05, 4.69) is 15.4 Å².